The number of hydrogen-bond acceptors (Lipinski definition) is 4. The van der Waals surface area contributed by atoms with Crippen molar-refractivity contribution in [1.29, 1.82) is 5.26 Å². The quantitative estimate of drug-likeness (QED) is 0.765. The van der Waals surface area contributed by atoms with Crippen LogP contribution in [-0.2, 0) is 17.1 Å². The van der Waals surface area contributed by atoms with Crippen LogP contribution in [-0.4, -0.2) is 23.2 Å². The van der Waals surface area contributed by atoms with E-state index in [1.807, 2.05) is 13.0 Å². The molecule has 1 aromatic carbocycles. The summed E-state index contributed by atoms with van der Waals surface area (Å²) >= 11 is 0. The second-order valence-corrected chi connectivity index (χ2v) is 6.67. The minimum Gasteiger partial charge on any atom is -0.358 e. The Morgan fingerprint density at radius 1 is 1.43 bits per heavy atom. The lowest BCUT2D eigenvalue weighted by Gasteiger charge is -2.09. The smallest absolute Gasteiger partial charge is 0.268 e. The number of sulfonamides is 1. The number of hydrogen-bond donors (Lipinski definition) is 2. The summed E-state index contributed by atoms with van der Waals surface area (Å²) in [7, 11) is -2.83. The first-order chi connectivity index (χ1) is 10.8. The number of halogens is 1. The van der Waals surface area contributed by atoms with Gasteiger partial charge < -0.3 is 4.98 Å². The number of aryl methyl sites for hydroxylation is 2. The molecule has 0 bridgehead atoms. The van der Waals surface area contributed by atoms with Gasteiger partial charge in [-0.3, -0.25) is 4.72 Å². The van der Waals surface area contributed by atoms with Crippen molar-refractivity contribution in [2.24, 2.45) is 7.05 Å². The van der Waals surface area contributed by atoms with E-state index in [1.165, 1.54) is 13.2 Å². The van der Waals surface area contributed by atoms with Gasteiger partial charge in [0.2, 0.25) is 5.95 Å². The Hall–Kier alpha value is -2.86. The molecular weight excluding hydrogens is 321 g/mol. The second kappa shape index (κ2) is 5.10. The lowest BCUT2D eigenvalue weighted by Crippen LogP contribution is -2.14. The van der Waals surface area contributed by atoms with Crippen molar-refractivity contribution in [2.45, 2.75) is 11.8 Å². The first kappa shape index (κ1) is 15.1. The van der Waals surface area contributed by atoms with Crippen LogP contribution in [0.3, 0.4) is 0 Å². The molecule has 0 aliphatic heterocycles. The zero-order valence-electron chi connectivity index (χ0n) is 12.3. The second-order valence-electron chi connectivity index (χ2n) is 5.02. The highest BCUT2D eigenvalue weighted by Crippen LogP contribution is 2.30. The van der Waals surface area contributed by atoms with Gasteiger partial charge >= 0.3 is 0 Å². The van der Waals surface area contributed by atoms with Gasteiger partial charge in [0.15, 0.2) is 4.90 Å². The Morgan fingerprint density at radius 2 is 2.17 bits per heavy atom. The molecule has 9 heteroatoms. The van der Waals surface area contributed by atoms with Crippen LogP contribution in [0.1, 0.15) is 11.1 Å². The largest absolute Gasteiger partial charge is 0.358 e. The zero-order valence-corrected chi connectivity index (χ0v) is 13.1. The Morgan fingerprint density at radius 3 is 2.78 bits per heavy atom. The van der Waals surface area contributed by atoms with E-state index in [-0.39, 0.29) is 5.69 Å². The average Bonchev–Trinajstić information content (AvgIpc) is 3.07. The van der Waals surface area contributed by atoms with Crippen LogP contribution in [0.15, 0.2) is 29.4 Å². The molecule has 23 heavy (non-hydrogen) atoms. The summed E-state index contributed by atoms with van der Waals surface area (Å²) in [5.74, 6) is -0.954. The monoisotopic (exact) mass is 333 g/mol. The van der Waals surface area contributed by atoms with E-state index in [0.29, 0.717) is 16.5 Å². The lowest BCUT2D eigenvalue weighted by molar-refractivity contribution is 0.483. The van der Waals surface area contributed by atoms with Gasteiger partial charge in [-0.1, -0.05) is 6.07 Å². The third-order valence-corrected chi connectivity index (χ3v) is 4.88. The van der Waals surface area contributed by atoms with Gasteiger partial charge in [-0.25, -0.2) is 13.1 Å². The number of nitrogens with one attached hydrogen (secondary N) is 2. The maximum atomic E-state index is 13.8. The third kappa shape index (κ3) is 2.33. The number of aromatic nitrogens is 3. The van der Waals surface area contributed by atoms with Gasteiger partial charge in [0.05, 0.1) is 23.0 Å². The molecular formula is C14H12FN5O2S. The number of fused-ring (bicyclic) bond motifs is 1. The summed E-state index contributed by atoms with van der Waals surface area (Å²) in [5, 5.41) is 13.3. The molecule has 3 aromatic rings. The number of aromatic amines is 1. The van der Waals surface area contributed by atoms with Crippen LogP contribution >= 0.6 is 0 Å². The number of anilines is 1. The molecule has 0 radical (unpaired) electrons. The highest BCUT2D eigenvalue weighted by molar-refractivity contribution is 7.92. The van der Waals surface area contributed by atoms with Crippen molar-refractivity contribution in [3.8, 4) is 6.07 Å². The van der Waals surface area contributed by atoms with Crippen molar-refractivity contribution in [3.63, 3.8) is 0 Å². The molecule has 0 saturated carbocycles. The molecule has 0 aliphatic rings. The van der Waals surface area contributed by atoms with Gasteiger partial charge in [0.1, 0.15) is 6.07 Å². The van der Waals surface area contributed by atoms with E-state index in [0.717, 1.165) is 16.4 Å². The van der Waals surface area contributed by atoms with Crippen LogP contribution in [0.4, 0.5) is 10.1 Å². The molecule has 0 fully saturated rings. The van der Waals surface area contributed by atoms with Gasteiger partial charge in [-0.2, -0.15) is 14.8 Å². The topological polar surface area (TPSA) is 104 Å². The van der Waals surface area contributed by atoms with Crippen molar-refractivity contribution in [3.05, 3.63) is 41.6 Å². The minimum atomic E-state index is -4.14. The molecule has 0 spiro atoms. The van der Waals surface area contributed by atoms with Gasteiger partial charge in [0, 0.05) is 18.6 Å². The summed E-state index contributed by atoms with van der Waals surface area (Å²) in [6.07, 6.45) is 2.44. The van der Waals surface area contributed by atoms with Gasteiger partial charge in [-0.15, -0.1) is 0 Å². The molecule has 0 atom stereocenters. The van der Waals surface area contributed by atoms with Crippen LogP contribution in [0.2, 0.25) is 0 Å². The van der Waals surface area contributed by atoms with E-state index in [2.05, 4.69) is 14.8 Å². The van der Waals surface area contributed by atoms with E-state index >= 15 is 0 Å². The molecule has 3 rings (SSSR count). The molecule has 7 nitrogen and oxygen atoms in total. The standard InChI is InChI=1S/C14H12FN5O2S/c1-8-3-4-10(13-12(8)9(5-16)6-17-13)19-23(21,22)11-7-18-20(2)14(11)15/h3-4,6-7,17,19H,1-2H3. The van der Waals surface area contributed by atoms with Crippen molar-refractivity contribution < 1.29 is 12.8 Å². The number of H-pyrrole nitrogens is 1. The third-order valence-electron chi connectivity index (χ3n) is 3.53. The van der Waals surface area contributed by atoms with E-state index < -0.39 is 20.9 Å². The molecule has 118 valence electrons. The highest BCUT2D eigenvalue weighted by atomic mass is 32.2. The molecule has 0 amide bonds. The lowest BCUT2D eigenvalue weighted by atomic mass is 10.1. The molecule has 2 N–H and O–H groups in total. The number of benzene rings is 1. The van der Waals surface area contributed by atoms with Crippen molar-refractivity contribution in [2.75, 3.05) is 4.72 Å². The molecule has 2 aromatic heterocycles. The minimum absolute atomic E-state index is 0.232. The molecule has 0 unspecified atom stereocenters. The van der Waals surface area contributed by atoms with E-state index in [4.69, 9.17) is 5.26 Å². The predicted molar refractivity (Wildman–Crippen MR) is 81.7 cm³/mol. The van der Waals surface area contributed by atoms with Gasteiger partial charge in [0.25, 0.3) is 10.0 Å². The fourth-order valence-electron chi connectivity index (χ4n) is 2.38. The van der Waals surface area contributed by atoms with Gasteiger partial charge in [-0.05, 0) is 18.6 Å². The zero-order chi connectivity index (χ0) is 16.8. The first-order valence-electron chi connectivity index (χ1n) is 6.56. The molecule has 0 saturated heterocycles. The Bertz CT molecular complexity index is 1060. The van der Waals surface area contributed by atoms with Crippen LogP contribution < -0.4 is 4.72 Å². The summed E-state index contributed by atoms with van der Waals surface area (Å²) in [6.45, 7) is 1.82. The molecule has 0 aliphatic carbocycles. The summed E-state index contributed by atoms with van der Waals surface area (Å²) in [4.78, 5) is 2.34. The Kier molecular flexibility index (Phi) is 3.34. The summed E-state index contributed by atoms with van der Waals surface area (Å²) in [5.41, 5.74) is 1.93. The summed E-state index contributed by atoms with van der Waals surface area (Å²) in [6, 6.07) is 5.29. The van der Waals surface area contributed by atoms with Crippen molar-refractivity contribution in [1.82, 2.24) is 14.8 Å². The maximum absolute atomic E-state index is 13.8. The van der Waals surface area contributed by atoms with Crippen LogP contribution in [0, 0.1) is 24.2 Å². The maximum Gasteiger partial charge on any atom is 0.268 e. The predicted octanol–water partition coefficient (Wildman–Crippen LogP) is 2.02. The number of nitrogens with zero attached hydrogens (tertiary/aromatic N) is 3. The Balaban J connectivity index is 2.12. The Labute approximate surface area is 131 Å². The van der Waals surface area contributed by atoms with E-state index in [1.54, 1.807) is 12.1 Å². The fraction of sp³-hybridized carbons (Fsp3) is 0.143. The van der Waals surface area contributed by atoms with Crippen LogP contribution in [0.25, 0.3) is 10.9 Å². The van der Waals surface area contributed by atoms with Crippen LogP contribution in [0.5, 0.6) is 0 Å². The number of nitriles is 1. The highest BCUT2D eigenvalue weighted by Gasteiger charge is 2.24. The van der Waals surface area contributed by atoms with Crippen molar-refractivity contribution >= 4 is 26.6 Å². The van der Waals surface area contributed by atoms with E-state index in [9.17, 15) is 12.8 Å². The fourth-order valence-corrected chi connectivity index (χ4v) is 3.49. The number of rotatable bonds is 3. The normalized spacial score (nSPS) is 11.6. The average molecular weight is 333 g/mol. The molecule has 2 heterocycles. The first-order valence-corrected chi connectivity index (χ1v) is 8.04. The summed E-state index contributed by atoms with van der Waals surface area (Å²) < 4.78 is 41.7. The SMILES string of the molecule is Cc1ccc(NS(=O)(=O)c2cnn(C)c2F)c2[nH]cc(C#N)c12.